The Kier molecular flexibility index (Phi) is 4.44. The minimum absolute atomic E-state index is 0.0777. The van der Waals surface area contributed by atoms with Gasteiger partial charge in [-0.3, -0.25) is 0 Å². The van der Waals surface area contributed by atoms with Crippen LogP contribution in [-0.4, -0.2) is 35.7 Å². The summed E-state index contributed by atoms with van der Waals surface area (Å²) in [5.41, 5.74) is 0.158. The molecule has 0 aromatic carbocycles. The summed E-state index contributed by atoms with van der Waals surface area (Å²) in [4.78, 5) is 27.0. The summed E-state index contributed by atoms with van der Waals surface area (Å²) < 4.78 is 15.1. The van der Waals surface area contributed by atoms with E-state index in [9.17, 15) is 9.59 Å². The van der Waals surface area contributed by atoms with Gasteiger partial charge in [-0.05, 0) is 19.9 Å². The molecule has 1 aromatic rings. The summed E-state index contributed by atoms with van der Waals surface area (Å²) in [7, 11) is 0. The molecule has 1 aromatic heterocycles. The van der Waals surface area contributed by atoms with Gasteiger partial charge in [0, 0.05) is 12.6 Å². The van der Waals surface area contributed by atoms with Crippen LogP contribution in [0.4, 0.5) is 0 Å². The summed E-state index contributed by atoms with van der Waals surface area (Å²) in [5.74, 6) is -0.949. The van der Waals surface area contributed by atoms with Crippen molar-refractivity contribution in [3.05, 3.63) is 22.8 Å². The second kappa shape index (κ2) is 6.09. The first-order valence-electron chi connectivity index (χ1n) is 6.17. The van der Waals surface area contributed by atoms with Crippen LogP contribution in [-0.2, 0) is 14.3 Å². The molecule has 0 amide bonds. The van der Waals surface area contributed by atoms with Gasteiger partial charge < -0.3 is 14.2 Å². The third-order valence-electron chi connectivity index (χ3n) is 2.53. The first-order chi connectivity index (χ1) is 9.47. The fraction of sp³-hybridized carbons (Fsp3) is 0.462. The highest BCUT2D eigenvalue weighted by molar-refractivity contribution is 6.32. The minimum Gasteiger partial charge on any atom is -0.474 e. The Labute approximate surface area is 121 Å². The van der Waals surface area contributed by atoms with E-state index in [0.29, 0.717) is 6.42 Å². The Morgan fingerprint density at radius 2 is 2.30 bits per heavy atom. The molecule has 0 N–H and O–H groups in total. The number of cyclic esters (lactones) is 1. The van der Waals surface area contributed by atoms with Crippen molar-refractivity contribution in [2.75, 3.05) is 6.61 Å². The Hall–Kier alpha value is -1.82. The predicted octanol–water partition coefficient (Wildman–Crippen LogP) is 1.99. The largest absolute Gasteiger partial charge is 0.474 e. The molecule has 0 unspecified atom stereocenters. The van der Waals surface area contributed by atoms with Crippen LogP contribution in [0.2, 0.25) is 5.02 Å². The van der Waals surface area contributed by atoms with Crippen molar-refractivity contribution < 1.29 is 23.8 Å². The van der Waals surface area contributed by atoms with Crippen LogP contribution in [0.3, 0.4) is 0 Å². The number of nitrogens with zero attached hydrogens (tertiary/aromatic N) is 1. The first-order valence-corrected chi connectivity index (χ1v) is 6.55. The highest BCUT2D eigenvalue weighted by Gasteiger charge is 2.30. The van der Waals surface area contributed by atoms with Crippen molar-refractivity contribution in [3.8, 4) is 5.88 Å². The van der Waals surface area contributed by atoms with Crippen LogP contribution in [0.1, 0.15) is 30.6 Å². The maximum Gasteiger partial charge on any atom is 0.347 e. The number of carbonyl (C=O) groups excluding carboxylic acids is 2. The zero-order chi connectivity index (χ0) is 14.7. The van der Waals surface area contributed by atoms with Crippen LogP contribution in [0.25, 0.3) is 0 Å². The molecule has 1 aliphatic rings. The van der Waals surface area contributed by atoms with Crippen molar-refractivity contribution in [1.82, 2.24) is 4.98 Å². The van der Waals surface area contributed by atoms with Gasteiger partial charge in [0.1, 0.15) is 5.02 Å². The molecule has 0 radical (unpaired) electrons. The second-order valence-corrected chi connectivity index (χ2v) is 4.93. The monoisotopic (exact) mass is 299 g/mol. The van der Waals surface area contributed by atoms with Gasteiger partial charge in [0.15, 0.2) is 0 Å². The molecule has 2 rings (SSSR count). The van der Waals surface area contributed by atoms with Crippen LogP contribution >= 0.6 is 11.6 Å². The number of hydrogen-bond donors (Lipinski definition) is 0. The number of pyridine rings is 1. The number of hydrogen-bond acceptors (Lipinski definition) is 6. The number of carbonyl (C=O) groups is 2. The van der Waals surface area contributed by atoms with Gasteiger partial charge in [0.25, 0.3) is 0 Å². The average Bonchev–Trinajstić information content (AvgIpc) is 2.77. The predicted molar refractivity (Wildman–Crippen MR) is 69.8 cm³/mol. The standard InChI is InChI=1S/C13H14ClNO5/c1-7(2)19-11-9(14)5-8(6-15-11)12(16)20-10-3-4-18-13(10)17/h5-7,10H,3-4H2,1-2H3/t10-/m1/s1. The highest BCUT2D eigenvalue weighted by atomic mass is 35.5. The van der Waals surface area contributed by atoms with Gasteiger partial charge >= 0.3 is 11.9 Å². The molecule has 108 valence electrons. The molecule has 7 heteroatoms. The van der Waals surface area contributed by atoms with E-state index < -0.39 is 18.0 Å². The SMILES string of the molecule is CC(C)Oc1ncc(C(=O)O[C@@H]2CCOC2=O)cc1Cl. The fourth-order valence-electron chi connectivity index (χ4n) is 1.63. The molecule has 1 atom stereocenters. The lowest BCUT2D eigenvalue weighted by atomic mass is 10.2. The van der Waals surface area contributed by atoms with E-state index in [4.69, 9.17) is 25.8 Å². The fourth-order valence-corrected chi connectivity index (χ4v) is 1.84. The molecule has 1 saturated heterocycles. The van der Waals surface area contributed by atoms with Gasteiger partial charge in [-0.2, -0.15) is 0 Å². The lowest BCUT2D eigenvalue weighted by Crippen LogP contribution is -2.22. The third-order valence-corrected chi connectivity index (χ3v) is 2.80. The van der Waals surface area contributed by atoms with Crippen LogP contribution in [0, 0.1) is 0 Å². The number of rotatable bonds is 4. The Morgan fingerprint density at radius 3 is 2.85 bits per heavy atom. The summed E-state index contributed by atoms with van der Waals surface area (Å²) in [6.07, 6.45) is 0.728. The highest BCUT2D eigenvalue weighted by Crippen LogP contribution is 2.24. The molecule has 1 aliphatic heterocycles. The Balaban J connectivity index is 2.07. The van der Waals surface area contributed by atoms with E-state index in [1.807, 2.05) is 13.8 Å². The Morgan fingerprint density at radius 1 is 1.55 bits per heavy atom. The van der Waals surface area contributed by atoms with E-state index in [-0.39, 0.29) is 29.2 Å². The van der Waals surface area contributed by atoms with Crippen molar-refractivity contribution in [2.24, 2.45) is 0 Å². The lowest BCUT2D eigenvalue weighted by molar-refractivity contribution is -0.145. The summed E-state index contributed by atoms with van der Waals surface area (Å²) in [5, 5.41) is 0.210. The van der Waals surface area contributed by atoms with Gasteiger partial charge in [-0.25, -0.2) is 14.6 Å². The number of aromatic nitrogens is 1. The lowest BCUT2D eigenvalue weighted by Gasteiger charge is -2.11. The molecule has 0 aliphatic carbocycles. The molecule has 1 fully saturated rings. The van der Waals surface area contributed by atoms with E-state index in [1.54, 1.807) is 0 Å². The summed E-state index contributed by atoms with van der Waals surface area (Å²) in [6, 6.07) is 1.40. The minimum atomic E-state index is -0.854. The zero-order valence-corrected chi connectivity index (χ0v) is 11.8. The maximum absolute atomic E-state index is 11.9. The summed E-state index contributed by atoms with van der Waals surface area (Å²) >= 11 is 5.98. The second-order valence-electron chi connectivity index (χ2n) is 4.53. The van der Waals surface area contributed by atoms with E-state index >= 15 is 0 Å². The van der Waals surface area contributed by atoms with Crippen LogP contribution < -0.4 is 4.74 Å². The molecule has 0 bridgehead atoms. The van der Waals surface area contributed by atoms with Crippen molar-refractivity contribution in [1.29, 1.82) is 0 Å². The normalized spacial score (nSPS) is 18.0. The van der Waals surface area contributed by atoms with Gasteiger partial charge in [-0.1, -0.05) is 11.6 Å². The maximum atomic E-state index is 11.9. The van der Waals surface area contributed by atoms with Crippen molar-refractivity contribution in [3.63, 3.8) is 0 Å². The quantitative estimate of drug-likeness (QED) is 0.792. The van der Waals surface area contributed by atoms with Gasteiger partial charge in [0.2, 0.25) is 12.0 Å². The molecule has 0 spiro atoms. The number of esters is 2. The van der Waals surface area contributed by atoms with Crippen molar-refractivity contribution >= 4 is 23.5 Å². The van der Waals surface area contributed by atoms with E-state index in [1.165, 1.54) is 12.3 Å². The third kappa shape index (κ3) is 3.39. The zero-order valence-electron chi connectivity index (χ0n) is 11.1. The molecular weight excluding hydrogens is 286 g/mol. The topological polar surface area (TPSA) is 74.7 Å². The van der Waals surface area contributed by atoms with E-state index in [2.05, 4.69) is 4.98 Å². The smallest absolute Gasteiger partial charge is 0.347 e. The van der Waals surface area contributed by atoms with Gasteiger partial charge in [-0.15, -0.1) is 0 Å². The van der Waals surface area contributed by atoms with Crippen LogP contribution in [0.5, 0.6) is 5.88 Å². The van der Waals surface area contributed by atoms with Gasteiger partial charge in [0.05, 0.1) is 18.3 Å². The van der Waals surface area contributed by atoms with Crippen molar-refractivity contribution in [2.45, 2.75) is 32.5 Å². The van der Waals surface area contributed by atoms with Crippen LogP contribution in [0.15, 0.2) is 12.3 Å². The van der Waals surface area contributed by atoms with E-state index in [0.717, 1.165) is 0 Å². The molecule has 0 saturated carbocycles. The number of ether oxygens (including phenoxy) is 3. The first kappa shape index (κ1) is 14.6. The molecule has 20 heavy (non-hydrogen) atoms. The summed E-state index contributed by atoms with van der Waals surface area (Å²) in [6.45, 7) is 3.94. The molecule has 2 heterocycles. The molecule has 6 nitrogen and oxygen atoms in total. The average molecular weight is 300 g/mol. The Bertz CT molecular complexity index is 531. The number of halogens is 1. The molecular formula is C13H14ClNO5.